The molecule has 4 N–H and O–H groups in total. The lowest BCUT2D eigenvalue weighted by Gasteiger charge is -2.28. The van der Waals surface area contributed by atoms with Crippen LogP contribution in [0.4, 0.5) is 10.5 Å². The molecule has 2 atom stereocenters. The first-order chi connectivity index (χ1) is 22.1. The van der Waals surface area contributed by atoms with Crippen molar-refractivity contribution in [2.75, 3.05) is 20.3 Å². The number of benzene rings is 3. The van der Waals surface area contributed by atoms with Gasteiger partial charge in [-0.15, -0.1) is 0 Å². The average molecular weight is 699 g/mol. The maximum atomic E-state index is 12.4. The number of esters is 1. The number of allylic oxidation sites excluding steroid dienone is 1. The Hall–Kier alpha value is -5.15. The lowest BCUT2D eigenvalue weighted by molar-refractivity contribution is -0.384. The van der Waals surface area contributed by atoms with Crippen LogP contribution in [0.3, 0.4) is 0 Å². The van der Waals surface area contributed by atoms with Crippen LogP contribution in [0.15, 0.2) is 81.5 Å². The van der Waals surface area contributed by atoms with Crippen LogP contribution in [0.2, 0.25) is 0 Å². The van der Waals surface area contributed by atoms with E-state index in [1.807, 2.05) is 0 Å². The molecule has 46 heavy (non-hydrogen) atoms. The topological polar surface area (TPSA) is 183 Å². The van der Waals surface area contributed by atoms with Gasteiger partial charge in [0.25, 0.3) is 5.69 Å². The second kappa shape index (κ2) is 15.7. The monoisotopic (exact) mass is 697 g/mol. The van der Waals surface area contributed by atoms with Gasteiger partial charge in [-0.1, -0.05) is 18.2 Å². The lowest BCUT2D eigenvalue weighted by Crippen LogP contribution is -2.45. The molecular weight excluding hydrogens is 666 g/mol. The highest BCUT2D eigenvalue weighted by Gasteiger charge is 2.32. The molecule has 0 bridgehead atoms. The number of carbonyl (C=O) groups excluding carboxylic acids is 2. The third kappa shape index (κ3) is 8.73. The number of nitrogens with zero attached hydrogens (tertiary/aromatic N) is 2. The smallest absolute Gasteiger partial charge is 0.337 e. The molecule has 0 radical (unpaired) electrons. The van der Waals surface area contributed by atoms with Gasteiger partial charge in [-0.05, 0) is 76.8 Å². The SMILES string of the molecule is CCOc1cc([C@@H]2NC(=O)NC(C)=C2C(=O)OC)ccc1OC[C@H](O)N/N=C\c1ccc(OCc2cccc([N+](=O)[O-])c2)c(Br)c1. The van der Waals surface area contributed by atoms with Crippen molar-refractivity contribution in [1.29, 1.82) is 0 Å². The van der Waals surface area contributed by atoms with E-state index in [2.05, 4.69) is 37.1 Å². The summed E-state index contributed by atoms with van der Waals surface area (Å²) in [5.74, 6) is 0.637. The van der Waals surface area contributed by atoms with Crippen LogP contribution in [0.1, 0.15) is 36.6 Å². The van der Waals surface area contributed by atoms with E-state index in [1.54, 1.807) is 62.4 Å². The molecule has 14 nitrogen and oxygen atoms in total. The average Bonchev–Trinajstić information content (AvgIpc) is 3.03. The van der Waals surface area contributed by atoms with E-state index in [9.17, 15) is 24.8 Å². The molecule has 3 aromatic carbocycles. The molecule has 0 aliphatic carbocycles. The van der Waals surface area contributed by atoms with Gasteiger partial charge in [0.15, 0.2) is 17.7 Å². The molecule has 0 unspecified atom stereocenters. The minimum atomic E-state index is -1.17. The number of non-ortho nitro benzene ring substituents is 1. The van der Waals surface area contributed by atoms with Crippen molar-refractivity contribution in [1.82, 2.24) is 16.1 Å². The quantitative estimate of drug-likeness (QED) is 0.0617. The number of methoxy groups -OCH3 is 1. The van der Waals surface area contributed by atoms with E-state index in [1.165, 1.54) is 25.5 Å². The van der Waals surface area contributed by atoms with Crippen LogP contribution in [-0.2, 0) is 16.1 Å². The molecule has 15 heteroatoms. The van der Waals surface area contributed by atoms with Gasteiger partial charge in [0.1, 0.15) is 19.0 Å². The van der Waals surface area contributed by atoms with Crippen molar-refractivity contribution in [3.8, 4) is 17.2 Å². The minimum Gasteiger partial charge on any atom is -0.490 e. The summed E-state index contributed by atoms with van der Waals surface area (Å²) in [6.07, 6.45) is 0.326. The highest BCUT2D eigenvalue weighted by molar-refractivity contribution is 9.10. The van der Waals surface area contributed by atoms with Gasteiger partial charge in [0.2, 0.25) is 0 Å². The normalized spacial score (nSPS) is 15.1. The largest absolute Gasteiger partial charge is 0.490 e. The number of amides is 2. The predicted octanol–water partition coefficient (Wildman–Crippen LogP) is 4.46. The third-order valence-electron chi connectivity index (χ3n) is 6.58. The first kappa shape index (κ1) is 33.7. The van der Waals surface area contributed by atoms with Crippen molar-refractivity contribution >= 4 is 39.8 Å². The number of urea groups is 1. The Morgan fingerprint density at radius 3 is 2.63 bits per heavy atom. The molecule has 1 aliphatic heterocycles. The molecule has 4 rings (SSSR count). The molecule has 0 saturated carbocycles. The highest BCUT2D eigenvalue weighted by Crippen LogP contribution is 2.35. The fraction of sp³-hybridized carbons (Fsp3) is 0.258. The zero-order valence-electron chi connectivity index (χ0n) is 25.1. The molecule has 0 saturated heterocycles. The van der Waals surface area contributed by atoms with Gasteiger partial charge in [-0.25, -0.2) is 9.59 Å². The van der Waals surface area contributed by atoms with Gasteiger partial charge in [0.05, 0.1) is 40.9 Å². The number of halogens is 1. The maximum absolute atomic E-state index is 12.4. The van der Waals surface area contributed by atoms with E-state index in [0.29, 0.717) is 50.7 Å². The molecule has 1 heterocycles. The minimum absolute atomic E-state index is 0.00774. The molecule has 0 spiro atoms. The lowest BCUT2D eigenvalue weighted by atomic mass is 9.95. The Morgan fingerprint density at radius 2 is 1.91 bits per heavy atom. The number of hydrogen-bond donors (Lipinski definition) is 4. The second-order valence-corrected chi connectivity index (χ2v) is 10.7. The number of aliphatic hydroxyl groups excluding tert-OH is 1. The van der Waals surface area contributed by atoms with Crippen LogP contribution in [-0.4, -0.2) is 54.8 Å². The van der Waals surface area contributed by atoms with Gasteiger partial charge in [-0.3, -0.25) is 15.5 Å². The predicted molar refractivity (Wildman–Crippen MR) is 171 cm³/mol. The standard InChI is InChI=1S/C31H32BrN5O9/c1-4-44-26-14-21(29-28(30(39)43-3)18(2)34-31(40)35-29)9-11-25(26)46-17-27(38)36-33-15-19-8-10-24(23(32)13-19)45-16-20-6-5-7-22(12-20)37(41)42/h5-15,27,29,36,38H,4,16-17H2,1-3H3,(H2,34,35,40)/b33-15-/t27-,29-/m0/s1. The maximum Gasteiger partial charge on any atom is 0.337 e. The number of nitro groups is 1. The van der Waals surface area contributed by atoms with Gasteiger partial charge < -0.3 is 34.7 Å². The summed E-state index contributed by atoms with van der Waals surface area (Å²) in [6.45, 7) is 3.70. The second-order valence-electron chi connectivity index (χ2n) is 9.82. The third-order valence-corrected chi connectivity index (χ3v) is 7.20. The fourth-order valence-electron chi connectivity index (χ4n) is 4.46. The highest BCUT2D eigenvalue weighted by atomic mass is 79.9. The van der Waals surface area contributed by atoms with E-state index in [0.717, 1.165) is 0 Å². The number of aliphatic hydroxyl groups is 1. The van der Waals surface area contributed by atoms with Crippen molar-refractivity contribution in [3.63, 3.8) is 0 Å². The summed E-state index contributed by atoms with van der Waals surface area (Å²) >= 11 is 3.45. The molecule has 2 amide bonds. The first-order valence-electron chi connectivity index (χ1n) is 14.0. The van der Waals surface area contributed by atoms with Crippen LogP contribution >= 0.6 is 15.9 Å². The number of nitro benzene ring substituents is 1. The zero-order chi connectivity index (χ0) is 33.2. The summed E-state index contributed by atoms with van der Waals surface area (Å²) < 4.78 is 22.8. The summed E-state index contributed by atoms with van der Waals surface area (Å²) in [6, 6.07) is 15.2. The van der Waals surface area contributed by atoms with Crippen molar-refractivity contribution in [2.45, 2.75) is 32.7 Å². The van der Waals surface area contributed by atoms with E-state index >= 15 is 0 Å². The van der Waals surface area contributed by atoms with Crippen LogP contribution in [0, 0.1) is 10.1 Å². The molecule has 3 aromatic rings. The first-order valence-corrected chi connectivity index (χ1v) is 14.8. The summed E-state index contributed by atoms with van der Waals surface area (Å²) in [4.78, 5) is 35.1. The molecular formula is C31H32BrN5O9. The van der Waals surface area contributed by atoms with E-state index in [-0.39, 0.29) is 24.5 Å². The fourth-order valence-corrected chi connectivity index (χ4v) is 4.97. The number of rotatable bonds is 14. The Kier molecular flexibility index (Phi) is 11.5. The number of hydrazone groups is 1. The van der Waals surface area contributed by atoms with Crippen LogP contribution in [0.25, 0.3) is 0 Å². The Balaban J connectivity index is 1.34. The molecule has 242 valence electrons. The molecule has 1 aliphatic rings. The van der Waals surface area contributed by atoms with E-state index in [4.69, 9.17) is 18.9 Å². The van der Waals surface area contributed by atoms with Crippen LogP contribution < -0.4 is 30.3 Å². The van der Waals surface area contributed by atoms with Gasteiger partial charge in [0, 0.05) is 17.8 Å². The Bertz CT molecular complexity index is 1660. The Morgan fingerprint density at radius 1 is 1.13 bits per heavy atom. The van der Waals surface area contributed by atoms with Crippen molar-refractivity contribution < 1.29 is 38.6 Å². The molecule has 0 aromatic heterocycles. The van der Waals surface area contributed by atoms with Gasteiger partial charge >= 0.3 is 12.0 Å². The summed E-state index contributed by atoms with van der Waals surface area (Å²) in [7, 11) is 1.26. The zero-order valence-corrected chi connectivity index (χ0v) is 26.7. The van der Waals surface area contributed by atoms with Crippen molar-refractivity contribution in [3.05, 3.63) is 103 Å². The summed E-state index contributed by atoms with van der Waals surface area (Å²) in [5.41, 5.74) is 5.14. The van der Waals surface area contributed by atoms with Gasteiger partial charge in [-0.2, -0.15) is 5.10 Å². The number of nitrogens with one attached hydrogen (secondary N) is 3. The number of hydrogen-bond acceptors (Lipinski definition) is 11. The van der Waals surface area contributed by atoms with Crippen molar-refractivity contribution in [2.24, 2.45) is 5.10 Å². The van der Waals surface area contributed by atoms with Crippen LogP contribution in [0.5, 0.6) is 17.2 Å². The summed E-state index contributed by atoms with van der Waals surface area (Å²) in [5, 5.41) is 30.8. The number of carbonyl (C=O) groups is 2. The number of ether oxygens (including phenoxy) is 4. The molecule has 0 fully saturated rings. The Labute approximate surface area is 272 Å². The van der Waals surface area contributed by atoms with E-state index < -0.39 is 29.2 Å².